The molecule has 0 aromatic carbocycles. The lowest BCUT2D eigenvalue weighted by atomic mass is 10.1. The van der Waals surface area contributed by atoms with E-state index in [1.165, 1.54) is 5.56 Å². The molecule has 0 saturated heterocycles. The molecule has 0 N–H and O–H groups in total. The van der Waals surface area contributed by atoms with E-state index in [-0.39, 0.29) is 0 Å². The molecular formula is C17H20N6. The number of aromatic nitrogens is 6. The van der Waals surface area contributed by atoms with Crippen molar-refractivity contribution in [2.45, 2.75) is 40.5 Å². The molecule has 3 heterocycles. The van der Waals surface area contributed by atoms with E-state index in [2.05, 4.69) is 37.2 Å². The van der Waals surface area contributed by atoms with Gasteiger partial charge in [0, 0.05) is 23.7 Å². The highest BCUT2D eigenvalue weighted by atomic mass is 15.4. The molecule has 3 rings (SSSR count). The van der Waals surface area contributed by atoms with Gasteiger partial charge in [-0.2, -0.15) is 4.68 Å². The van der Waals surface area contributed by atoms with Gasteiger partial charge in [0.05, 0.1) is 0 Å². The quantitative estimate of drug-likeness (QED) is 0.740. The Balaban J connectivity index is 1.83. The summed E-state index contributed by atoms with van der Waals surface area (Å²) in [5.74, 6) is 3.07. The van der Waals surface area contributed by atoms with E-state index < -0.39 is 0 Å². The van der Waals surface area contributed by atoms with Crippen molar-refractivity contribution in [3.8, 4) is 5.82 Å². The van der Waals surface area contributed by atoms with Crippen LogP contribution in [-0.4, -0.2) is 29.7 Å². The van der Waals surface area contributed by atoms with Crippen molar-refractivity contribution in [2.24, 2.45) is 0 Å². The zero-order valence-corrected chi connectivity index (χ0v) is 13.9. The second-order valence-corrected chi connectivity index (χ2v) is 5.71. The van der Waals surface area contributed by atoms with Crippen molar-refractivity contribution in [1.82, 2.24) is 29.7 Å². The second-order valence-electron chi connectivity index (χ2n) is 5.71. The zero-order valence-electron chi connectivity index (χ0n) is 13.9. The number of nitrogens with zero attached hydrogens (tertiary/aromatic N) is 6. The van der Waals surface area contributed by atoms with Gasteiger partial charge >= 0.3 is 0 Å². The van der Waals surface area contributed by atoms with Gasteiger partial charge in [0.2, 0.25) is 0 Å². The number of hydrogen-bond acceptors (Lipinski definition) is 5. The van der Waals surface area contributed by atoms with Gasteiger partial charge in [0.25, 0.3) is 0 Å². The average Bonchev–Trinajstić information content (AvgIpc) is 2.85. The fourth-order valence-electron chi connectivity index (χ4n) is 2.49. The Bertz CT molecular complexity index is 820. The molecule has 23 heavy (non-hydrogen) atoms. The summed E-state index contributed by atoms with van der Waals surface area (Å²) in [5, 5.41) is 4.39. The maximum Gasteiger partial charge on any atom is 0.159 e. The number of aryl methyl sites for hydroxylation is 6. The SMILES string of the molecule is Cc1ccc(CCc2cc(-n3nc(C)nc3C)nc(C)n2)nc1. The maximum absolute atomic E-state index is 4.53. The van der Waals surface area contributed by atoms with Crippen LogP contribution in [0.15, 0.2) is 24.4 Å². The van der Waals surface area contributed by atoms with Crippen LogP contribution in [0, 0.1) is 27.7 Å². The molecule has 3 aromatic heterocycles. The summed E-state index contributed by atoms with van der Waals surface area (Å²) in [6.45, 7) is 7.74. The lowest BCUT2D eigenvalue weighted by Crippen LogP contribution is -2.07. The first-order valence-electron chi connectivity index (χ1n) is 7.68. The van der Waals surface area contributed by atoms with Crippen molar-refractivity contribution in [2.75, 3.05) is 0 Å². The van der Waals surface area contributed by atoms with Crippen LogP contribution in [0.25, 0.3) is 5.82 Å². The standard InChI is InChI=1S/C17H20N6/c1-11-5-6-15(18-10-11)7-8-16-9-17(21-12(2)20-16)23-14(4)19-13(3)22-23/h5-6,9-10H,7-8H2,1-4H3. The number of hydrogen-bond donors (Lipinski definition) is 0. The minimum Gasteiger partial charge on any atom is -0.261 e. The van der Waals surface area contributed by atoms with Crippen molar-refractivity contribution >= 4 is 0 Å². The molecule has 0 aliphatic rings. The van der Waals surface area contributed by atoms with E-state index in [4.69, 9.17) is 0 Å². The van der Waals surface area contributed by atoms with Crippen LogP contribution in [0.4, 0.5) is 0 Å². The van der Waals surface area contributed by atoms with Gasteiger partial charge in [0.15, 0.2) is 5.82 Å². The molecular weight excluding hydrogens is 288 g/mol. The molecule has 3 aromatic rings. The van der Waals surface area contributed by atoms with Crippen molar-refractivity contribution in [3.63, 3.8) is 0 Å². The Morgan fingerprint density at radius 2 is 1.65 bits per heavy atom. The van der Waals surface area contributed by atoms with Crippen LogP contribution >= 0.6 is 0 Å². The van der Waals surface area contributed by atoms with Crippen LogP contribution in [0.3, 0.4) is 0 Å². The average molecular weight is 308 g/mol. The summed E-state index contributed by atoms with van der Waals surface area (Å²) in [5.41, 5.74) is 3.23. The van der Waals surface area contributed by atoms with Crippen LogP contribution in [0.2, 0.25) is 0 Å². The monoisotopic (exact) mass is 308 g/mol. The highest BCUT2D eigenvalue weighted by Crippen LogP contribution is 2.11. The van der Waals surface area contributed by atoms with Gasteiger partial charge < -0.3 is 0 Å². The molecule has 0 amide bonds. The maximum atomic E-state index is 4.53. The lowest BCUT2D eigenvalue weighted by molar-refractivity contribution is 0.773. The van der Waals surface area contributed by atoms with Crippen molar-refractivity contribution < 1.29 is 0 Å². The molecule has 0 unspecified atom stereocenters. The predicted octanol–water partition coefficient (Wildman–Crippen LogP) is 2.47. The van der Waals surface area contributed by atoms with Crippen molar-refractivity contribution in [3.05, 3.63) is 58.8 Å². The van der Waals surface area contributed by atoms with E-state index >= 15 is 0 Å². The lowest BCUT2D eigenvalue weighted by Gasteiger charge is -2.07. The first-order valence-corrected chi connectivity index (χ1v) is 7.68. The summed E-state index contributed by atoms with van der Waals surface area (Å²) in [6.07, 6.45) is 3.57. The van der Waals surface area contributed by atoms with E-state index in [9.17, 15) is 0 Å². The predicted molar refractivity (Wildman–Crippen MR) is 87.5 cm³/mol. The largest absolute Gasteiger partial charge is 0.261 e. The Hall–Kier alpha value is -2.63. The van der Waals surface area contributed by atoms with E-state index in [0.29, 0.717) is 0 Å². The molecule has 0 aliphatic heterocycles. The second kappa shape index (κ2) is 6.24. The molecule has 0 fully saturated rings. The summed E-state index contributed by atoms with van der Waals surface area (Å²) < 4.78 is 1.76. The molecule has 6 nitrogen and oxygen atoms in total. The summed E-state index contributed by atoms with van der Waals surface area (Å²) in [6, 6.07) is 6.12. The summed E-state index contributed by atoms with van der Waals surface area (Å²) >= 11 is 0. The summed E-state index contributed by atoms with van der Waals surface area (Å²) in [4.78, 5) is 17.8. The molecule has 0 saturated carbocycles. The van der Waals surface area contributed by atoms with Crippen LogP contribution in [0.1, 0.15) is 34.4 Å². The van der Waals surface area contributed by atoms with Gasteiger partial charge in [0.1, 0.15) is 17.5 Å². The Labute approximate surface area is 135 Å². The molecule has 6 heteroatoms. The van der Waals surface area contributed by atoms with Gasteiger partial charge in [-0.25, -0.2) is 15.0 Å². The third-order valence-electron chi connectivity index (χ3n) is 3.58. The first-order chi connectivity index (χ1) is 11.0. The van der Waals surface area contributed by atoms with E-state index in [1.54, 1.807) is 4.68 Å². The van der Waals surface area contributed by atoms with Crippen molar-refractivity contribution in [1.29, 1.82) is 0 Å². The number of pyridine rings is 1. The zero-order chi connectivity index (χ0) is 16.4. The Kier molecular flexibility index (Phi) is 4.14. The summed E-state index contributed by atoms with van der Waals surface area (Å²) in [7, 11) is 0. The third kappa shape index (κ3) is 3.59. The van der Waals surface area contributed by atoms with Gasteiger partial charge in [-0.1, -0.05) is 6.07 Å². The van der Waals surface area contributed by atoms with Gasteiger partial charge in [-0.05, 0) is 52.2 Å². The fourth-order valence-corrected chi connectivity index (χ4v) is 2.49. The molecule has 0 atom stereocenters. The van der Waals surface area contributed by atoms with Gasteiger partial charge in [-0.3, -0.25) is 4.98 Å². The topological polar surface area (TPSA) is 69.4 Å². The van der Waals surface area contributed by atoms with Gasteiger partial charge in [-0.15, -0.1) is 5.10 Å². The molecule has 0 spiro atoms. The van der Waals surface area contributed by atoms with E-state index in [1.807, 2.05) is 40.0 Å². The molecule has 0 radical (unpaired) electrons. The minimum absolute atomic E-state index is 0.738. The highest BCUT2D eigenvalue weighted by Gasteiger charge is 2.09. The first kappa shape index (κ1) is 15.3. The molecule has 118 valence electrons. The smallest absolute Gasteiger partial charge is 0.159 e. The minimum atomic E-state index is 0.738. The molecule has 0 aliphatic carbocycles. The third-order valence-corrected chi connectivity index (χ3v) is 3.58. The van der Waals surface area contributed by atoms with Crippen LogP contribution < -0.4 is 0 Å². The normalized spacial score (nSPS) is 11.0. The molecule has 0 bridgehead atoms. The Morgan fingerprint density at radius 3 is 2.30 bits per heavy atom. The van der Waals surface area contributed by atoms with Crippen LogP contribution in [0.5, 0.6) is 0 Å². The highest BCUT2D eigenvalue weighted by molar-refractivity contribution is 5.26. The fraction of sp³-hybridized carbons (Fsp3) is 0.353. The number of rotatable bonds is 4. The Morgan fingerprint density at radius 1 is 0.870 bits per heavy atom. The van der Waals surface area contributed by atoms with Crippen LogP contribution in [-0.2, 0) is 12.8 Å². The van der Waals surface area contributed by atoms with E-state index in [0.717, 1.165) is 47.5 Å².